The fourth-order valence-corrected chi connectivity index (χ4v) is 5.14. The SMILES string of the molecule is Fc1cc2sc(NC3=NOC4(C3)CN3CCC4CC3)nc2cc1Cl. The van der Waals surface area contributed by atoms with Crippen molar-refractivity contribution in [2.75, 3.05) is 25.0 Å². The minimum atomic E-state index is -0.424. The van der Waals surface area contributed by atoms with Crippen LogP contribution in [0.25, 0.3) is 10.2 Å². The molecule has 2 bridgehead atoms. The van der Waals surface area contributed by atoms with Gasteiger partial charge in [0.05, 0.1) is 21.7 Å². The van der Waals surface area contributed by atoms with Gasteiger partial charge in [0.2, 0.25) is 0 Å². The summed E-state index contributed by atoms with van der Waals surface area (Å²) in [4.78, 5) is 12.8. The highest BCUT2D eigenvalue weighted by Crippen LogP contribution is 2.43. The molecule has 0 saturated carbocycles. The third-order valence-corrected chi connectivity index (χ3v) is 6.53. The number of nitrogens with zero attached hydrogens (tertiary/aromatic N) is 3. The maximum Gasteiger partial charge on any atom is 0.189 e. The normalized spacial score (nSPS) is 31.5. The Morgan fingerprint density at radius 1 is 1.38 bits per heavy atom. The average Bonchev–Trinajstić information content (AvgIpc) is 3.13. The van der Waals surface area contributed by atoms with Gasteiger partial charge in [0.15, 0.2) is 16.6 Å². The third kappa shape index (κ3) is 2.29. The van der Waals surface area contributed by atoms with Crippen molar-refractivity contribution in [2.24, 2.45) is 11.1 Å². The topological polar surface area (TPSA) is 49.8 Å². The highest BCUT2D eigenvalue weighted by molar-refractivity contribution is 7.22. The summed E-state index contributed by atoms with van der Waals surface area (Å²) in [6, 6.07) is 2.97. The van der Waals surface area contributed by atoms with Crippen molar-refractivity contribution in [2.45, 2.75) is 24.9 Å². The standard InChI is InChI=1S/C16H16ClFN4OS/c17-10-5-12-13(6-11(10)18)24-15(19-12)20-14-7-16(23-21-14)8-22-3-1-9(16)2-4-22/h5-6,9H,1-4,7-8H2,(H,19,20,21). The number of hydrogen-bond donors (Lipinski definition) is 1. The zero-order valence-corrected chi connectivity index (χ0v) is 14.5. The lowest BCUT2D eigenvalue weighted by Crippen LogP contribution is -2.59. The van der Waals surface area contributed by atoms with Gasteiger partial charge in [-0.25, -0.2) is 9.37 Å². The lowest BCUT2D eigenvalue weighted by atomic mass is 9.73. The van der Waals surface area contributed by atoms with Gasteiger partial charge in [-0.3, -0.25) is 4.90 Å². The quantitative estimate of drug-likeness (QED) is 0.836. The predicted molar refractivity (Wildman–Crippen MR) is 93.2 cm³/mol. The molecule has 1 atom stereocenters. The van der Waals surface area contributed by atoms with Gasteiger partial charge in [0.25, 0.3) is 0 Å². The number of thiazole rings is 1. The Morgan fingerprint density at radius 2 is 2.21 bits per heavy atom. The van der Waals surface area contributed by atoms with E-state index in [0.29, 0.717) is 16.6 Å². The lowest BCUT2D eigenvalue weighted by Gasteiger charge is -2.49. The summed E-state index contributed by atoms with van der Waals surface area (Å²) in [7, 11) is 0. The maximum absolute atomic E-state index is 13.6. The van der Waals surface area contributed by atoms with Crippen LogP contribution in [0.2, 0.25) is 5.02 Å². The van der Waals surface area contributed by atoms with Gasteiger partial charge in [0.1, 0.15) is 5.82 Å². The van der Waals surface area contributed by atoms with Crippen molar-refractivity contribution in [3.8, 4) is 0 Å². The van der Waals surface area contributed by atoms with Crippen molar-refractivity contribution in [3.05, 3.63) is 23.0 Å². The molecule has 1 unspecified atom stereocenters. The van der Waals surface area contributed by atoms with Crippen LogP contribution in [0.15, 0.2) is 17.3 Å². The number of oxime groups is 1. The number of halogens is 2. The summed E-state index contributed by atoms with van der Waals surface area (Å²) in [6.45, 7) is 3.29. The molecule has 4 aliphatic heterocycles. The molecule has 1 N–H and O–H groups in total. The summed E-state index contributed by atoms with van der Waals surface area (Å²) in [6.07, 6.45) is 3.14. The highest BCUT2D eigenvalue weighted by atomic mass is 35.5. The van der Waals surface area contributed by atoms with Crippen LogP contribution in [0, 0.1) is 11.7 Å². The second-order valence-corrected chi connectivity index (χ2v) is 8.24. The minimum absolute atomic E-state index is 0.0899. The van der Waals surface area contributed by atoms with Crippen molar-refractivity contribution >= 4 is 44.1 Å². The molecular formula is C16H16ClFN4OS. The number of piperidine rings is 3. The van der Waals surface area contributed by atoms with Crippen LogP contribution in [-0.2, 0) is 4.84 Å². The molecule has 1 aromatic carbocycles. The zero-order valence-electron chi connectivity index (χ0n) is 12.9. The molecule has 5 nitrogen and oxygen atoms in total. The first-order valence-electron chi connectivity index (χ1n) is 8.11. The van der Waals surface area contributed by atoms with Gasteiger partial charge in [-0.2, -0.15) is 0 Å². The lowest BCUT2D eigenvalue weighted by molar-refractivity contribution is -0.136. The molecule has 2 aromatic rings. The Balaban J connectivity index is 1.36. The molecule has 126 valence electrons. The fourth-order valence-electron chi connectivity index (χ4n) is 4.09. The molecule has 1 aromatic heterocycles. The number of rotatable bonds is 1. The first-order chi connectivity index (χ1) is 11.6. The molecule has 6 rings (SSSR count). The number of benzene rings is 1. The van der Waals surface area contributed by atoms with Gasteiger partial charge in [-0.05, 0) is 38.1 Å². The van der Waals surface area contributed by atoms with Crippen LogP contribution in [-0.4, -0.2) is 41.0 Å². The maximum atomic E-state index is 13.6. The second kappa shape index (κ2) is 5.28. The average molecular weight is 367 g/mol. The summed E-state index contributed by atoms with van der Waals surface area (Å²) in [5.41, 5.74) is 0.510. The number of aromatic nitrogens is 1. The van der Waals surface area contributed by atoms with Crippen LogP contribution < -0.4 is 5.32 Å². The van der Waals surface area contributed by atoms with Gasteiger partial charge < -0.3 is 10.2 Å². The Hall–Kier alpha value is -1.44. The second-order valence-electron chi connectivity index (χ2n) is 6.80. The molecule has 24 heavy (non-hydrogen) atoms. The zero-order chi connectivity index (χ0) is 16.3. The van der Waals surface area contributed by atoms with Crippen LogP contribution in [0.5, 0.6) is 0 Å². The van der Waals surface area contributed by atoms with Gasteiger partial charge >= 0.3 is 0 Å². The van der Waals surface area contributed by atoms with E-state index in [2.05, 4.69) is 20.4 Å². The highest BCUT2D eigenvalue weighted by Gasteiger charge is 2.52. The van der Waals surface area contributed by atoms with Crippen molar-refractivity contribution in [3.63, 3.8) is 0 Å². The van der Waals surface area contributed by atoms with E-state index in [-0.39, 0.29) is 10.6 Å². The first-order valence-corrected chi connectivity index (χ1v) is 9.31. The third-order valence-electron chi connectivity index (χ3n) is 5.31. The van der Waals surface area contributed by atoms with Crippen molar-refractivity contribution < 1.29 is 9.23 Å². The molecular weight excluding hydrogens is 351 g/mol. The van der Waals surface area contributed by atoms with Gasteiger partial charge in [-0.15, -0.1) is 0 Å². The number of nitrogens with one attached hydrogen (secondary N) is 1. The Kier molecular flexibility index (Phi) is 3.27. The van der Waals surface area contributed by atoms with Crippen molar-refractivity contribution in [1.29, 1.82) is 0 Å². The number of fused-ring (bicyclic) bond motifs is 3. The molecule has 4 aliphatic rings. The van der Waals surface area contributed by atoms with Crippen LogP contribution in [0.3, 0.4) is 0 Å². The summed E-state index contributed by atoms with van der Waals surface area (Å²) in [5.74, 6) is 0.954. The summed E-state index contributed by atoms with van der Waals surface area (Å²) in [5, 5.41) is 8.30. The minimum Gasteiger partial charge on any atom is -0.386 e. The van der Waals surface area contributed by atoms with E-state index in [1.807, 2.05) is 0 Å². The number of amidine groups is 1. The monoisotopic (exact) mass is 366 g/mol. The van der Waals surface area contributed by atoms with E-state index in [1.54, 1.807) is 6.07 Å². The molecule has 3 saturated heterocycles. The summed E-state index contributed by atoms with van der Waals surface area (Å²) >= 11 is 7.21. The molecule has 0 aliphatic carbocycles. The summed E-state index contributed by atoms with van der Waals surface area (Å²) < 4.78 is 14.3. The van der Waals surface area contributed by atoms with E-state index in [1.165, 1.54) is 43.3 Å². The van der Waals surface area contributed by atoms with E-state index in [0.717, 1.165) is 23.5 Å². The smallest absolute Gasteiger partial charge is 0.189 e. The van der Waals surface area contributed by atoms with Crippen LogP contribution in [0.4, 0.5) is 9.52 Å². The fraction of sp³-hybridized carbons (Fsp3) is 0.500. The Morgan fingerprint density at radius 3 is 2.96 bits per heavy atom. The first kappa shape index (κ1) is 14.9. The van der Waals surface area contributed by atoms with Gasteiger partial charge in [0, 0.05) is 12.5 Å². The van der Waals surface area contributed by atoms with Crippen LogP contribution in [0.1, 0.15) is 19.3 Å². The molecule has 8 heteroatoms. The van der Waals surface area contributed by atoms with Gasteiger partial charge in [-0.1, -0.05) is 28.1 Å². The predicted octanol–water partition coefficient (Wildman–Crippen LogP) is 3.70. The molecule has 3 fully saturated rings. The Labute approximate surface area is 147 Å². The molecule has 5 heterocycles. The largest absolute Gasteiger partial charge is 0.386 e. The van der Waals surface area contributed by atoms with E-state index < -0.39 is 5.82 Å². The number of hydrogen-bond acceptors (Lipinski definition) is 6. The Bertz CT molecular complexity index is 809. The van der Waals surface area contributed by atoms with Crippen molar-refractivity contribution in [1.82, 2.24) is 9.88 Å². The molecule has 0 amide bonds. The van der Waals surface area contributed by atoms with Crippen LogP contribution >= 0.6 is 22.9 Å². The molecule has 1 spiro atoms. The van der Waals surface area contributed by atoms with E-state index in [4.69, 9.17) is 16.4 Å². The number of anilines is 1. The molecule has 0 radical (unpaired) electrons. The van der Waals surface area contributed by atoms with E-state index >= 15 is 0 Å². The van der Waals surface area contributed by atoms with E-state index in [9.17, 15) is 4.39 Å².